The molecule has 2 aliphatic heterocycles. The lowest BCUT2D eigenvalue weighted by atomic mass is 10.1. The van der Waals surface area contributed by atoms with E-state index in [0.717, 1.165) is 44.8 Å². The molecule has 2 aromatic rings. The van der Waals surface area contributed by atoms with E-state index in [4.69, 9.17) is 0 Å². The summed E-state index contributed by atoms with van der Waals surface area (Å²) < 4.78 is 2.43. The summed E-state index contributed by atoms with van der Waals surface area (Å²) in [5.41, 5.74) is 3.99. The lowest BCUT2D eigenvalue weighted by Crippen LogP contribution is -2.58. The van der Waals surface area contributed by atoms with Gasteiger partial charge in [0.1, 0.15) is 5.82 Å². The number of nitrogens with zero attached hydrogens (tertiary/aromatic N) is 6. The maximum Gasteiger partial charge on any atom is 0.151 e. The molecule has 1 fully saturated rings. The van der Waals surface area contributed by atoms with Crippen molar-refractivity contribution in [3.63, 3.8) is 0 Å². The fourth-order valence-corrected chi connectivity index (χ4v) is 4.38. The van der Waals surface area contributed by atoms with Crippen LogP contribution in [0.3, 0.4) is 0 Å². The van der Waals surface area contributed by atoms with E-state index >= 15 is 0 Å². The van der Waals surface area contributed by atoms with Gasteiger partial charge in [-0.1, -0.05) is 0 Å². The third-order valence-electron chi connectivity index (χ3n) is 6.08. The molecule has 0 radical (unpaired) electrons. The first-order valence-corrected chi connectivity index (χ1v) is 9.62. The van der Waals surface area contributed by atoms with Crippen LogP contribution in [0.25, 0.3) is 0 Å². The second-order valence-electron chi connectivity index (χ2n) is 7.78. The monoisotopic (exact) mass is 338 g/mol. The molecule has 0 N–H and O–H groups in total. The molecule has 6 heteroatoms. The summed E-state index contributed by atoms with van der Waals surface area (Å²) in [4.78, 5) is 9.44. The Kier molecular flexibility index (Phi) is 3.73. The van der Waals surface area contributed by atoms with E-state index in [2.05, 4.69) is 48.9 Å². The molecular weight excluding hydrogens is 312 g/mol. The van der Waals surface area contributed by atoms with Crippen LogP contribution in [0.2, 0.25) is 0 Å². The van der Waals surface area contributed by atoms with Crippen LogP contribution in [0, 0.1) is 0 Å². The summed E-state index contributed by atoms with van der Waals surface area (Å²) in [6.45, 7) is 4.22. The molecule has 3 aliphatic rings. The van der Waals surface area contributed by atoms with Crippen molar-refractivity contribution in [3.05, 3.63) is 35.0 Å². The lowest BCUT2D eigenvalue weighted by Gasteiger charge is -2.44. The Labute approximate surface area is 148 Å². The Morgan fingerprint density at radius 2 is 2.04 bits per heavy atom. The molecular formula is C19H26N6. The first kappa shape index (κ1) is 15.3. The van der Waals surface area contributed by atoms with Crippen LogP contribution in [0.1, 0.15) is 42.0 Å². The molecule has 132 valence electrons. The summed E-state index contributed by atoms with van der Waals surface area (Å²) in [6.07, 6.45) is 9.29. The van der Waals surface area contributed by atoms with E-state index in [9.17, 15) is 0 Å². The Hall–Kier alpha value is -1.95. The Morgan fingerprint density at radius 3 is 2.96 bits per heavy atom. The second kappa shape index (κ2) is 6.09. The SMILES string of the molecule is CN(Cc1cnc2n1CCCC2)C1CN(c2cc3c(nn2)CCC3)C1. The smallest absolute Gasteiger partial charge is 0.151 e. The predicted octanol–water partition coefficient (Wildman–Crippen LogP) is 1.82. The van der Waals surface area contributed by atoms with Crippen LogP contribution in [-0.2, 0) is 32.4 Å². The summed E-state index contributed by atoms with van der Waals surface area (Å²) in [5, 5.41) is 8.87. The van der Waals surface area contributed by atoms with Crippen molar-refractivity contribution in [2.24, 2.45) is 0 Å². The number of likely N-dealkylation sites (N-methyl/N-ethyl adjacent to an activating group) is 1. The van der Waals surface area contributed by atoms with Gasteiger partial charge in [0.25, 0.3) is 0 Å². The van der Waals surface area contributed by atoms with Gasteiger partial charge in [-0.3, -0.25) is 4.90 Å². The Balaban J connectivity index is 1.21. The highest BCUT2D eigenvalue weighted by atomic mass is 15.4. The van der Waals surface area contributed by atoms with Crippen LogP contribution in [0.15, 0.2) is 12.3 Å². The largest absolute Gasteiger partial charge is 0.352 e. The fraction of sp³-hybridized carbons (Fsp3) is 0.632. The number of hydrogen-bond donors (Lipinski definition) is 0. The van der Waals surface area contributed by atoms with Gasteiger partial charge >= 0.3 is 0 Å². The van der Waals surface area contributed by atoms with Gasteiger partial charge in [0.2, 0.25) is 0 Å². The summed E-state index contributed by atoms with van der Waals surface area (Å²) >= 11 is 0. The standard InChI is InChI=1S/C19H26N6/c1-23(11-15-10-20-18-7-2-3-8-25(15)18)16-12-24(13-16)19-9-14-5-4-6-17(14)21-22-19/h9-10,16H,2-8,11-13H2,1H3. The molecule has 0 saturated carbocycles. The lowest BCUT2D eigenvalue weighted by molar-refractivity contribution is 0.191. The van der Waals surface area contributed by atoms with Gasteiger partial charge in [0.15, 0.2) is 5.82 Å². The molecule has 0 aromatic carbocycles. The number of hydrogen-bond acceptors (Lipinski definition) is 5. The van der Waals surface area contributed by atoms with Crippen molar-refractivity contribution >= 4 is 5.82 Å². The van der Waals surface area contributed by atoms with Crippen LogP contribution < -0.4 is 4.90 Å². The second-order valence-corrected chi connectivity index (χ2v) is 7.78. The van der Waals surface area contributed by atoms with Gasteiger partial charge in [-0.15, -0.1) is 5.10 Å². The van der Waals surface area contributed by atoms with Crippen LogP contribution in [0.4, 0.5) is 5.82 Å². The number of aromatic nitrogens is 4. The third-order valence-corrected chi connectivity index (χ3v) is 6.08. The zero-order chi connectivity index (χ0) is 16.8. The maximum absolute atomic E-state index is 4.62. The normalized spacial score (nSPS) is 19.8. The molecule has 2 aromatic heterocycles. The molecule has 0 spiro atoms. The highest BCUT2D eigenvalue weighted by Crippen LogP contribution is 2.27. The van der Waals surface area contributed by atoms with E-state index < -0.39 is 0 Å². The van der Waals surface area contributed by atoms with Gasteiger partial charge in [-0.05, 0) is 50.8 Å². The minimum Gasteiger partial charge on any atom is -0.352 e. The zero-order valence-electron chi connectivity index (χ0n) is 15.0. The van der Waals surface area contributed by atoms with Crippen LogP contribution >= 0.6 is 0 Å². The van der Waals surface area contributed by atoms with Crippen molar-refractivity contribution < 1.29 is 0 Å². The average Bonchev–Trinajstić information content (AvgIpc) is 3.20. The maximum atomic E-state index is 4.62. The van der Waals surface area contributed by atoms with E-state index in [0.29, 0.717) is 6.04 Å². The van der Waals surface area contributed by atoms with E-state index in [1.165, 1.54) is 48.5 Å². The van der Waals surface area contributed by atoms with Crippen molar-refractivity contribution in [1.29, 1.82) is 0 Å². The number of anilines is 1. The topological polar surface area (TPSA) is 50.1 Å². The fourth-order valence-electron chi connectivity index (χ4n) is 4.38. The van der Waals surface area contributed by atoms with Crippen molar-refractivity contribution in [2.45, 2.75) is 57.7 Å². The quantitative estimate of drug-likeness (QED) is 0.851. The summed E-state index contributed by atoms with van der Waals surface area (Å²) in [5.74, 6) is 2.34. The average molecular weight is 338 g/mol. The molecule has 4 heterocycles. The summed E-state index contributed by atoms with van der Waals surface area (Å²) in [7, 11) is 2.24. The molecule has 5 rings (SSSR count). The minimum atomic E-state index is 0.588. The Morgan fingerprint density at radius 1 is 1.12 bits per heavy atom. The van der Waals surface area contributed by atoms with Gasteiger partial charge in [0, 0.05) is 44.8 Å². The van der Waals surface area contributed by atoms with Gasteiger partial charge < -0.3 is 9.47 Å². The first-order valence-electron chi connectivity index (χ1n) is 9.62. The molecule has 0 bridgehead atoms. The molecule has 1 saturated heterocycles. The number of fused-ring (bicyclic) bond motifs is 2. The Bertz CT molecular complexity index is 776. The minimum absolute atomic E-state index is 0.588. The highest BCUT2D eigenvalue weighted by molar-refractivity contribution is 5.45. The van der Waals surface area contributed by atoms with Gasteiger partial charge in [-0.25, -0.2) is 4.98 Å². The molecule has 25 heavy (non-hydrogen) atoms. The van der Waals surface area contributed by atoms with Crippen molar-refractivity contribution in [3.8, 4) is 0 Å². The molecule has 0 atom stereocenters. The van der Waals surface area contributed by atoms with Gasteiger partial charge in [0.05, 0.1) is 11.4 Å². The summed E-state index contributed by atoms with van der Waals surface area (Å²) in [6, 6.07) is 2.85. The number of aryl methyl sites for hydroxylation is 3. The predicted molar refractivity (Wildman–Crippen MR) is 96.7 cm³/mol. The third kappa shape index (κ3) is 2.72. The molecule has 0 unspecified atom stereocenters. The number of rotatable bonds is 4. The van der Waals surface area contributed by atoms with Crippen molar-refractivity contribution in [1.82, 2.24) is 24.6 Å². The van der Waals surface area contributed by atoms with E-state index in [1.54, 1.807) is 0 Å². The van der Waals surface area contributed by atoms with Crippen LogP contribution in [0.5, 0.6) is 0 Å². The molecule has 6 nitrogen and oxygen atoms in total. The zero-order valence-corrected chi connectivity index (χ0v) is 15.0. The van der Waals surface area contributed by atoms with E-state index in [1.807, 2.05) is 0 Å². The van der Waals surface area contributed by atoms with Crippen LogP contribution in [-0.4, -0.2) is 50.8 Å². The highest BCUT2D eigenvalue weighted by Gasteiger charge is 2.32. The van der Waals surface area contributed by atoms with Crippen molar-refractivity contribution in [2.75, 3.05) is 25.0 Å². The van der Waals surface area contributed by atoms with Gasteiger partial charge in [-0.2, -0.15) is 5.10 Å². The first-order chi connectivity index (χ1) is 12.3. The molecule has 0 amide bonds. The molecule has 1 aliphatic carbocycles. The van der Waals surface area contributed by atoms with E-state index in [-0.39, 0.29) is 0 Å². The number of imidazole rings is 1.